The van der Waals surface area contributed by atoms with Crippen LogP contribution in [-0.2, 0) is 9.59 Å². The molecule has 0 spiro atoms. The third-order valence-electron chi connectivity index (χ3n) is 3.28. The van der Waals surface area contributed by atoms with Crippen LogP contribution in [0.2, 0.25) is 10.0 Å². The Kier molecular flexibility index (Phi) is 5.19. The Morgan fingerprint density at radius 3 is 2.60 bits per heavy atom. The summed E-state index contributed by atoms with van der Waals surface area (Å²) in [6.45, 7) is -0.472. The second kappa shape index (κ2) is 7.21. The van der Waals surface area contributed by atoms with Crippen molar-refractivity contribution in [2.45, 2.75) is 0 Å². The van der Waals surface area contributed by atoms with Crippen LogP contribution in [0.25, 0.3) is 17.4 Å². The molecule has 0 aliphatic carbocycles. The van der Waals surface area contributed by atoms with Crippen LogP contribution in [0.4, 0.5) is 0 Å². The monoisotopic (exact) mass is 413 g/mol. The SMILES string of the molecule is O=C(O)CN1C(=O)C(=Cc2ccc(-c3c(Cl)cccc3Cl)o2)SC1=S. The van der Waals surface area contributed by atoms with Gasteiger partial charge in [-0.05, 0) is 24.3 Å². The first-order valence-electron chi connectivity index (χ1n) is 6.88. The number of hydrogen-bond acceptors (Lipinski definition) is 5. The van der Waals surface area contributed by atoms with Gasteiger partial charge in [0, 0.05) is 6.08 Å². The first-order chi connectivity index (χ1) is 11.9. The van der Waals surface area contributed by atoms with E-state index in [0.717, 1.165) is 16.7 Å². The lowest BCUT2D eigenvalue weighted by atomic mass is 10.2. The van der Waals surface area contributed by atoms with Crippen LogP contribution in [0.1, 0.15) is 5.76 Å². The van der Waals surface area contributed by atoms with E-state index in [0.29, 0.717) is 27.1 Å². The summed E-state index contributed by atoms with van der Waals surface area (Å²) in [6.07, 6.45) is 1.51. The van der Waals surface area contributed by atoms with Gasteiger partial charge in [-0.15, -0.1) is 0 Å². The van der Waals surface area contributed by atoms with Gasteiger partial charge in [-0.2, -0.15) is 0 Å². The van der Waals surface area contributed by atoms with Crippen molar-refractivity contribution in [1.29, 1.82) is 0 Å². The average molecular weight is 414 g/mol. The molecule has 1 aliphatic rings. The summed E-state index contributed by atoms with van der Waals surface area (Å²) in [4.78, 5) is 24.4. The Balaban J connectivity index is 1.89. The zero-order valence-electron chi connectivity index (χ0n) is 12.4. The standard InChI is InChI=1S/C16H9Cl2NO4S2/c17-9-2-1-3-10(18)14(9)11-5-4-8(23-11)6-12-15(22)19(7-13(20)21)16(24)25-12/h1-6H,7H2,(H,20,21). The number of aliphatic carboxylic acids is 1. The number of carboxylic acid groups (broad SMARTS) is 1. The molecule has 1 aromatic heterocycles. The van der Waals surface area contributed by atoms with Gasteiger partial charge in [0.15, 0.2) is 0 Å². The van der Waals surface area contributed by atoms with Gasteiger partial charge in [-0.3, -0.25) is 14.5 Å². The summed E-state index contributed by atoms with van der Waals surface area (Å²) in [7, 11) is 0. The Hall–Kier alpha value is -1.80. The fourth-order valence-electron chi connectivity index (χ4n) is 2.20. The van der Waals surface area contributed by atoms with E-state index in [1.54, 1.807) is 30.3 Å². The number of amides is 1. The number of benzene rings is 1. The van der Waals surface area contributed by atoms with Crippen molar-refractivity contribution in [3.05, 3.63) is 51.0 Å². The van der Waals surface area contributed by atoms with Crippen molar-refractivity contribution in [2.24, 2.45) is 0 Å². The highest BCUT2D eigenvalue weighted by Crippen LogP contribution is 2.37. The Bertz CT molecular complexity index is 902. The largest absolute Gasteiger partial charge is 0.480 e. The summed E-state index contributed by atoms with van der Waals surface area (Å²) in [5.74, 6) is -0.734. The summed E-state index contributed by atoms with van der Waals surface area (Å²) in [5.41, 5.74) is 0.559. The minimum absolute atomic E-state index is 0.194. The van der Waals surface area contributed by atoms with E-state index in [-0.39, 0.29) is 9.23 Å². The van der Waals surface area contributed by atoms with Crippen molar-refractivity contribution in [1.82, 2.24) is 4.90 Å². The van der Waals surface area contributed by atoms with Crippen molar-refractivity contribution in [3.63, 3.8) is 0 Å². The first-order valence-corrected chi connectivity index (χ1v) is 8.86. The van der Waals surface area contributed by atoms with E-state index >= 15 is 0 Å². The average Bonchev–Trinajstić information content (AvgIpc) is 3.08. The highest BCUT2D eigenvalue weighted by Gasteiger charge is 2.33. The number of carboxylic acids is 1. The number of rotatable bonds is 4. The van der Waals surface area contributed by atoms with Gasteiger partial charge in [0.25, 0.3) is 5.91 Å². The Morgan fingerprint density at radius 1 is 1.28 bits per heavy atom. The van der Waals surface area contributed by atoms with Crippen LogP contribution >= 0.6 is 47.2 Å². The molecule has 1 aromatic carbocycles. The van der Waals surface area contributed by atoms with Gasteiger partial charge in [0.2, 0.25) is 0 Å². The lowest BCUT2D eigenvalue weighted by Gasteiger charge is -2.09. The number of nitrogens with zero attached hydrogens (tertiary/aromatic N) is 1. The molecule has 1 aliphatic heterocycles. The molecule has 25 heavy (non-hydrogen) atoms. The second-order valence-electron chi connectivity index (χ2n) is 4.96. The molecule has 3 rings (SSSR count). The van der Waals surface area contributed by atoms with Crippen LogP contribution < -0.4 is 0 Å². The van der Waals surface area contributed by atoms with E-state index in [4.69, 9.17) is 44.9 Å². The summed E-state index contributed by atoms with van der Waals surface area (Å²) in [6, 6.07) is 8.48. The fraction of sp³-hybridized carbons (Fsp3) is 0.0625. The van der Waals surface area contributed by atoms with Crippen LogP contribution in [-0.4, -0.2) is 32.7 Å². The number of carbonyl (C=O) groups is 2. The molecular weight excluding hydrogens is 405 g/mol. The smallest absolute Gasteiger partial charge is 0.323 e. The third-order valence-corrected chi connectivity index (χ3v) is 5.28. The maximum atomic E-state index is 12.2. The molecule has 2 heterocycles. The molecule has 1 N–H and O–H groups in total. The zero-order valence-corrected chi connectivity index (χ0v) is 15.5. The van der Waals surface area contributed by atoms with Gasteiger partial charge in [-0.25, -0.2) is 0 Å². The minimum atomic E-state index is -1.13. The molecule has 0 unspecified atom stereocenters. The molecule has 9 heteroatoms. The predicted octanol–water partition coefficient (Wildman–Crippen LogP) is 4.54. The number of halogens is 2. The van der Waals surface area contributed by atoms with Gasteiger partial charge in [0.1, 0.15) is 22.4 Å². The molecule has 0 atom stereocenters. The summed E-state index contributed by atoms with van der Waals surface area (Å²) < 4.78 is 5.90. The quantitative estimate of drug-likeness (QED) is 0.585. The van der Waals surface area contributed by atoms with Gasteiger partial charge in [0.05, 0.1) is 20.5 Å². The van der Waals surface area contributed by atoms with Crippen LogP contribution in [0.15, 0.2) is 39.7 Å². The Labute approximate surface area is 162 Å². The van der Waals surface area contributed by atoms with E-state index < -0.39 is 18.4 Å². The van der Waals surface area contributed by atoms with Gasteiger partial charge >= 0.3 is 5.97 Å². The lowest BCUT2D eigenvalue weighted by Crippen LogP contribution is -2.33. The van der Waals surface area contributed by atoms with Crippen LogP contribution in [0.5, 0.6) is 0 Å². The summed E-state index contributed by atoms with van der Waals surface area (Å²) >= 11 is 18.4. The summed E-state index contributed by atoms with van der Waals surface area (Å²) in [5, 5.41) is 9.73. The van der Waals surface area contributed by atoms with E-state index in [1.807, 2.05) is 0 Å². The maximum absolute atomic E-state index is 12.2. The van der Waals surface area contributed by atoms with E-state index in [9.17, 15) is 9.59 Å². The zero-order chi connectivity index (χ0) is 18.1. The topological polar surface area (TPSA) is 70.8 Å². The van der Waals surface area contributed by atoms with E-state index in [1.165, 1.54) is 6.08 Å². The molecule has 1 amide bonds. The predicted molar refractivity (Wildman–Crippen MR) is 102 cm³/mol. The number of hydrogen-bond donors (Lipinski definition) is 1. The fourth-order valence-corrected chi connectivity index (χ4v) is 4.02. The molecular formula is C16H9Cl2NO4S2. The molecule has 1 saturated heterocycles. The number of thioether (sulfide) groups is 1. The van der Waals surface area contributed by atoms with Gasteiger partial charge in [-0.1, -0.05) is 53.2 Å². The third kappa shape index (κ3) is 3.74. The molecule has 1 fully saturated rings. The molecule has 128 valence electrons. The van der Waals surface area contributed by atoms with Crippen LogP contribution in [0, 0.1) is 0 Å². The maximum Gasteiger partial charge on any atom is 0.323 e. The molecule has 0 radical (unpaired) electrons. The molecule has 0 bridgehead atoms. The minimum Gasteiger partial charge on any atom is -0.480 e. The highest BCUT2D eigenvalue weighted by molar-refractivity contribution is 8.26. The normalized spacial score (nSPS) is 16.1. The number of thiocarbonyl (C=S) groups is 1. The number of carbonyl (C=O) groups excluding carboxylic acids is 1. The number of furan rings is 1. The molecule has 2 aromatic rings. The second-order valence-corrected chi connectivity index (χ2v) is 7.45. The van der Waals surface area contributed by atoms with Crippen molar-refractivity contribution in [2.75, 3.05) is 6.54 Å². The molecule has 0 saturated carbocycles. The molecule has 5 nitrogen and oxygen atoms in total. The first kappa shape index (κ1) is 18.0. The van der Waals surface area contributed by atoms with E-state index in [2.05, 4.69) is 0 Å². The highest BCUT2D eigenvalue weighted by atomic mass is 35.5. The van der Waals surface area contributed by atoms with Gasteiger partial charge < -0.3 is 9.52 Å². The van der Waals surface area contributed by atoms with Crippen molar-refractivity contribution in [3.8, 4) is 11.3 Å². The van der Waals surface area contributed by atoms with Crippen molar-refractivity contribution >= 4 is 69.5 Å². The Morgan fingerprint density at radius 2 is 1.96 bits per heavy atom. The lowest BCUT2D eigenvalue weighted by molar-refractivity contribution is -0.140. The van der Waals surface area contributed by atoms with Crippen molar-refractivity contribution < 1.29 is 19.1 Å². The van der Waals surface area contributed by atoms with Crippen LogP contribution in [0.3, 0.4) is 0 Å².